The van der Waals surface area contributed by atoms with E-state index >= 15 is 0 Å². The molecular formula is C25H23FN2O2. The molecule has 1 fully saturated rings. The standard InChI is InChI=1S/C25H23FN2O2/c26-19-9-6-16(7-10-19)18-8-11-22-21(14-18)24-20(23(15-29)27-22)12-13-28(24)25(30)17-4-2-1-3-5-17/h1-11,14,20,23-24,27,29H,12-13,15H2/t20-,23+,24-/m0/s1. The molecule has 5 rings (SSSR count). The first-order chi connectivity index (χ1) is 14.7. The van der Waals surface area contributed by atoms with Crippen LogP contribution < -0.4 is 5.32 Å². The number of rotatable bonds is 3. The molecule has 0 spiro atoms. The number of anilines is 1. The van der Waals surface area contributed by atoms with Crippen LogP contribution >= 0.6 is 0 Å². The van der Waals surface area contributed by atoms with E-state index in [2.05, 4.69) is 11.4 Å². The topological polar surface area (TPSA) is 52.6 Å². The summed E-state index contributed by atoms with van der Waals surface area (Å²) in [5.41, 5.74) is 4.57. The van der Waals surface area contributed by atoms with Crippen molar-refractivity contribution in [2.45, 2.75) is 18.5 Å². The highest BCUT2D eigenvalue weighted by Gasteiger charge is 2.45. The fraction of sp³-hybridized carbons (Fsp3) is 0.240. The first kappa shape index (κ1) is 18.8. The van der Waals surface area contributed by atoms with Crippen LogP contribution in [0.4, 0.5) is 10.1 Å². The second-order valence-electron chi connectivity index (χ2n) is 8.00. The minimum Gasteiger partial charge on any atom is -0.394 e. The lowest BCUT2D eigenvalue weighted by atomic mass is 9.82. The lowest BCUT2D eigenvalue weighted by molar-refractivity contribution is 0.0701. The molecule has 2 aliphatic rings. The van der Waals surface area contributed by atoms with E-state index in [0.717, 1.165) is 28.8 Å². The number of halogens is 1. The summed E-state index contributed by atoms with van der Waals surface area (Å²) in [6.45, 7) is 0.676. The van der Waals surface area contributed by atoms with Gasteiger partial charge in [-0.25, -0.2) is 4.39 Å². The molecule has 0 aromatic heterocycles. The van der Waals surface area contributed by atoms with Gasteiger partial charge >= 0.3 is 0 Å². The number of aliphatic hydroxyl groups excluding tert-OH is 1. The monoisotopic (exact) mass is 402 g/mol. The summed E-state index contributed by atoms with van der Waals surface area (Å²) < 4.78 is 13.4. The molecule has 3 aromatic carbocycles. The molecule has 0 saturated carbocycles. The van der Waals surface area contributed by atoms with Gasteiger partial charge in [-0.15, -0.1) is 0 Å². The molecule has 30 heavy (non-hydrogen) atoms. The Morgan fingerprint density at radius 1 is 1.03 bits per heavy atom. The maximum atomic E-state index is 13.4. The number of carbonyl (C=O) groups is 1. The summed E-state index contributed by atoms with van der Waals surface area (Å²) in [6.07, 6.45) is 0.835. The Hall–Kier alpha value is -3.18. The number of amides is 1. The number of nitrogens with one attached hydrogen (secondary N) is 1. The Morgan fingerprint density at radius 2 is 1.77 bits per heavy atom. The average Bonchev–Trinajstić information content (AvgIpc) is 3.24. The fourth-order valence-electron chi connectivity index (χ4n) is 4.86. The van der Waals surface area contributed by atoms with Crippen molar-refractivity contribution in [2.24, 2.45) is 5.92 Å². The first-order valence-electron chi connectivity index (χ1n) is 10.3. The van der Waals surface area contributed by atoms with Gasteiger partial charge in [-0.05, 0) is 59.5 Å². The molecule has 0 unspecified atom stereocenters. The minimum atomic E-state index is -0.264. The number of likely N-dealkylation sites (tertiary alicyclic amines) is 1. The number of hydrogen-bond donors (Lipinski definition) is 2. The Bertz CT molecular complexity index is 1070. The van der Waals surface area contributed by atoms with Crippen molar-refractivity contribution in [3.05, 3.63) is 89.7 Å². The number of benzene rings is 3. The molecule has 4 nitrogen and oxygen atoms in total. The van der Waals surface area contributed by atoms with Crippen LogP contribution in [0.15, 0.2) is 72.8 Å². The average molecular weight is 402 g/mol. The highest BCUT2D eigenvalue weighted by atomic mass is 19.1. The van der Waals surface area contributed by atoms with E-state index in [-0.39, 0.29) is 36.3 Å². The van der Waals surface area contributed by atoms with Crippen molar-refractivity contribution < 1.29 is 14.3 Å². The largest absolute Gasteiger partial charge is 0.394 e. The van der Waals surface area contributed by atoms with Gasteiger partial charge in [0.2, 0.25) is 0 Å². The number of fused-ring (bicyclic) bond motifs is 3. The Labute approximate surface area is 175 Å². The summed E-state index contributed by atoms with van der Waals surface area (Å²) in [5, 5.41) is 13.4. The van der Waals surface area contributed by atoms with Gasteiger partial charge in [-0.1, -0.05) is 36.4 Å². The zero-order chi connectivity index (χ0) is 20.7. The lowest BCUT2D eigenvalue weighted by Crippen LogP contribution is -2.42. The van der Waals surface area contributed by atoms with Gasteiger partial charge in [0.25, 0.3) is 5.91 Å². The van der Waals surface area contributed by atoms with Crippen LogP contribution in [0.1, 0.15) is 28.4 Å². The van der Waals surface area contributed by atoms with E-state index in [1.165, 1.54) is 12.1 Å². The van der Waals surface area contributed by atoms with Crippen LogP contribution in [0, 0.1) is 11.7 Å². The van der Waals surface area contributed by atoms with Crippen molar-refractivity contribution in [1.82, 2.24) is 4.90 Å². The van der Waals surface area contributed by atoms with E-state index in [0.29, 0.717) is 12.1 Å². The maximum Gasteiger partial charge on any atom is 0.254 e. The third kappa shape index (κ3) is 3.15. The highest BCUT2D eigenvalue weighted by molar-refractivity contribution is 5.95. The molecule has 3 aromatic rings. The smallest absolute Gasteiger partial charge is 0.254 e. The summed E-state index contributed by atoms with van der Waals surface area (Å²) in [6, 6.07) is 21.7. The molecule has 2 N–H and O–H groups in total. The number of carbonyl (C=O) groups excluding carboxylic acids is 1. The van der Waals surface area contributed by atoms with Crippen LogP contribution in [-0.2, 0) is 0 Å². The van der Waals surface area contributed by atoms with E-state index in [1.807, 2.05) is 47.4 Å². The molecule has 1 saturated heterocycles. The quantitative estimate of drug-likeness (QED) is 0.679. The van der Waals surface area contributed by atoms with Gasteiger partial charge in [0, 0.05) is 23.7 Å². The van der Waals surface area contributed by atoms with Gasteiger partial charge in [0.05, 0.1) is 18.7 Å². The predicted molar refractivity (Wildman–Crippen MR) is 115 cm³/mol. The van der Waals surface area contributed by atoms with Crippen molar-refractivity contribution in [3.63, 3.8) is 0 Å². The fourth-order valence-corrected chi connectivity index (χ4v) is 4.86. The third-order valence-electron chi connectivity index (χ3n) is 6.33. The summed E-state index contributed by atoms with van der Waals surface area (Å²) >= 11 is 0. The predicted octanol–water partition coefficient (Wildman–Crippen LogP) is 4.48. The molecule has 2 heterocycles. The lowest BCUT2D eigenvalue weighted by Gasteiger charge is -2.39. The second-order valence-corrected chi connectivity index (χ2v) is 8.00. The second kappa shape index (κ2) is 7.58. The first-order valence-corrected chi connectivity index (χ1v) is 10.3. The molecule has 5 heteroatoms. The van der Waals surface area contributed by atoms with Gasteiger partial charge in [-0.2, -0.15) is 0 Å². The SMILES string of the molecule is O=C(c1ccccc1)N1CC[C@@H]2[C@H]1c1cc(-c3ccc(F)cc3)ccc1N[C@@H]2CO. The van der Waals surface area contributed by atoms with Gasteiger partial charge in [0.1, 0.15) is 5.82 Å². The Balaban J connectivity index is 1.57. The summed E-state index contributed by atoms with van der Waals surface area (Å²) in [5.74, 6) is -0.113. The van der Waals surface area contributed by atoms with Crippen LogP contribution in [0.25, 0.3) is 11.1 Å². The van der Waals surface area contributed by atoms with Crippen LogP contribution in [0.3, 0.4) is 0 Å². The van der Waals surface area contributed by atoms with E-state index in [9.17, 15) is 14.3 Å². The Morgan fingerprint density at radius 3 is 2.50 bits per heavy atom. The van der Waals surface area contributed by atoms with Gasteiger partial charge in [0.15, 0.2) is 0 Å². The third-order valence-corrected chi connectivity index (χ3v) is 6.33. The normalized spacial score (nSPS) is 22.2. The van der Waals surface area contributed by atoms with Crippen LogP contribution in [0.2, 0.25) is 0 Å². The van der Waals surface area contributed by atoms with E-state index in [4.69, 9.17) is 0 Å². The number of aliphatic hydroxyl groups is 1. The number of hydrogen-bond acceptors (Lipinski definition) is 3. The molecule has 2 aliphatic heterocycles. The minimum absolute atomic E-state index is 0.0137. The molecule has 0 bridgehead atoms. The van der Waals surface area contributed by atoms with Crippen LogP contribution in [-0.4, -0.2) is 35.1 Å². The van der Waals surface area contributed by atoms with Gasteiger partial charge < -0.3 is 15.3 Å². The van der Waals surface area contributed by atoms with Crippen molar-refractivity contribution in [3.8, 4) is 11.1 Å². The maximum absolute atomic E-state index is 13.4. The molecule has 1 amide bonds. The van der Waals surface area contributed by atoms with Crippen molar-refractivity contribution in [1.29, 1.82) is 0 Å². The molecular weight excluding hydrogens is 379 g/mol. The van der Waals surface area contributed by atoms with E-state index in [1.54, 1.807) is 12.1 Å². The molecule has 3 atom stereocenters. The molecule has 152 valence electrons. The van der Waals surface area contributed by atoms with Gasteiger partial charge in [-0.3, -0.25) is 4.79 Å². The zero-order valence-corrected chi connectivity index (χ0v) is 16.5. The van der Waals surface area contributed by atoms with Crippen LogP contribution in [0.5, 0.6) is 0 Å². The molecule has 0 aliphatic carbocycles. The zero-order valence-electron chi connectivity index (χ0n) is 16.5. The van der Waals surface area contributed by atoms with Crippen molar-refractivity contribution in [2.75, 3.05) is 18.5 Å². The molecule has 0 radical (unpaired) electrons. The summed E-state index contributed by atoms with van der Waals surface area (Å²) in [4.78, 5) is 15.2. The summed E-state index contributed by atoms with van der Waals surface area (Å²) in [7, 11) is 0. The Kier molecular flexibility index (Phi) is 4.75. The van der Waals surface area contributed by atoms with Crippen molar-refractivity contribution >= 4 is 11.6 Å². The number of nitrogens with zero attached hydrogens (tertiary/aromatic N) is 1. The van der Waals surface area contributed by atoms with E-state index < -0.39 is 0 Å². The highest BCUT2D eigenvalue weighted by Crippen LogP contribution is 2.47.